The van der Waals surface area contributed by atoms with E-state index in [-0.39, 0.29) is 29.4 Å². The number of thiophene rings is 1. The van der Waals surface area contributed by atoms with E-state index >= 15 is 0 Å². The molecule has 7 nitrogen and oxygen atoms in total. The molecule has 0 spiro atoms. The van der Waals surface area contributed by atoms with Gasteiger partial charge < -0.3 is 16.0 Å². The Morgan fingerprint density at radius 2 is 2.03 bits per heavy atom. The minimum absolute atomic E-state index is 0.0330. The van der Waals surface area contributed by atoms with Crippen LogP contribution in [0.25, 0.3) is 0 Å². The third-order valence-corrected chi connectivity index (χ3v) is 6.82. The van der Waals surface area contributed by atoms with E-state index < -0.39 is 0 Å². The minimum atomic E-state index is -0.288. The average Bonchev–Trinajstić information content (AvgIpc) is 3.54. The lowest BCUT2D eigenvalue weighted by molar-refractivity contribution is -0.117. The van der Waals surface area contributed by atoms with Crippen LogP contribution in [0.2, 0.25) is 0 Å². The van der Waals surface area contributed by atoms with Gasteiger partial charge in [0.15, 0.2) is 5.78 Å². The molecule has 1 unspecified atom stereocenters. The van der Waals surface area contributed by atoms with Crippen LogP contribution in [0.5, 0.6) is 0 Å². The molecule has 158 valence electrons. The number of pyridine rings is 1. The number of carbonyl (C=O) groups is 3. The first-order valence-electron chi connectivity index (χ1n) is 10.5. The van der Waals surface area contributed by atoms with Crippen molar-refractivity contribution in [2.75, 3.05) is 17.7 Å². The lowest BCUT2D eigenvalue weighted by Gasteiger charge is -2.15. The highest BCUT2D eigenvalue weighted by Gasteiger charge is 2.31. The molecule has 2 amide bonds. The van der Waals surface area contributed by atoms with Gasteiger partial charge in [0, 0.05) is 41.4 Å². The van der Waals surface area contributed by atoms with Gasteiger partial charge in [-0.25, -0.2) is 4.98 Å². The van der Waals surface area contributed by atoms with Gasteiger partial charge in [0.2, 0.25) is 5.91 Å². The summed E-state index contributed by atoms with van der Waals surface area (Å²) in [6.45, 7) is 2.05. The van der Waals surface area contributed by atoms with Crippen LogP contribution >= 0.6 is 11.3 Å². The molecule has 0 aromatic carbocycles. The van der Waals surface area contributed by atoms with E-state index in [9.17, 15) is 14.4 Å². The fourth-order valence-corrected chi connectivity index (χ4v) is 4.87. The van der Waals surface area contributed by atoms with Crippen molar-refractivity contribution in [3.8, 4) is 0 Å². The molecular weight excluding hydrogens is 400 g/mol. The molecule has 30 heavy (non-hydrogen) atoms. The number of aromatic nitrogens is 1. The van der Waals surface area contributed by atoms with Gasteiger partial charge in [0.25, 0.3) is 5.91 Å². The zero-order chi connectivity index (χ0) is 21.3. The molecule has 0 aliphatic heterocycles. The van der Waals surface area contributed by atoms with Crippen LogP contribution in [0.15, 0.2) is 17.6 Å². The zero-order valence-electron chi connectivity index (χ0n) is 17.2. The van der Waals surface area contributed by atoms with Crippen LogP contribution in [0.4, 0.5) is 17.2 Å². The number of fused-ring (bicyclic) bond motifs is 1. The fraction of sp³-hybridized carbons (Fsp3) is 0.455. The van der Waals surface area contributed by atoms with Gasteiger partial charge in [-0.3, -0.25) is 14.4 Å². The first-order chi connectivity index (χ1) is 14.5. The molecule has 8 heteroatoms. The number of Topliss-reactive ketones (excluding diaryl/α,β-unsaturated/α-hetero) is 1. The molecule has 0 radical (unpaired) electrons. The normalized spacial score (nSPS) is 18.3. The van der Waals surface area contributed by atoms with Crippen LogP contribution < -0.4 is 16.0 Å². The lowest BCUT2D eigenvalue weighted by Crippen LogP contribution is -2.21. The van der Waals surface area contributed by atoms with Crippen molar-refractivity contribution < 1.29 is 14.4 Å². The highest BCUT2D eigenvalue weighted by Crippen LogP contribution is 2.38. The number of hydrogen-bond donors (Lipinski definition) is 3. The Labute approximate surface area is 179 Å². The van der Waals surface area contributed by atoms with E-state index in [0.29, 0.717) is 17.1 Å². The van der Waals surface area contributed by atoms with E-state index in [1.165, 1.54) is 6.20 Å². The summed E-state index contributed by atoms with van der Waals surface area (Å²) in [4.78, 5) is 43.0. The Morgan fingerprint density at radius 1 is 1.23 bits per heavy atom. The van der Waals surface area contributed by atoms with Crippen LogP contribution in [-0.2, 0) is 11.2 Å². The number of anilines is 3. The first-order valence-corrected chi connectivity index (χ1v) is 11.3. The number of carbonyl (C=O) groups excluding carboxylic acids is 3. The molecule has 2 aromatic rings. The van der Waals surface area contributed by atoms with Crippen molar-refractivity contribution in [2.45, 2.75) is 45.4 Å². The predicted octanol–water partition coefficient (Wildman–Crippen LogP) is 4.14. The number of amides is 2. The zero-order valence-corrected chi connectivity index (χ0v) is 18.0. The van der Waals surface area contributed by atoms with Gasteiger partial charge in [-0.05, 0) is 38.5 Å². The molecule has 4 rings (SSSR count). The lowest BCUT2D eigenvalue weighted by atomic mass is 9.94. The Hall–Kier alpha value is -2.74. The van der Waals surface area contributed by atoms with Crippen LogP contribution in [-0.4, -0.2) is 29.6 Å². The summed E-state index contributed by atoms with van der Waals surface area (Å²) >= 11 is 1.58. The molecule has 2 heterocycles. The molecule has 2 aliphatic rings. The molecular formula is C22H26N4O3S. The molecule has 1 saturated carbocycles. The highest BCUT2D eigenvalue weighted by atomic mass is 32.1. The van der Waals surface area contributed by atoms with E-state index in [1.54, 1.807) is 24.5 Å². The van der Waals surface area contributed by atoms with Crippen LogP contribution in [0.1, 0.15) is 64.6 Å². The number of nitrogens with one attached hydrogen (secondary N) is 3. The Kier molecular flexibility index (Phi) is 5.85. The van der Waals surface area contributed by atoms with Crippen molar-refractivity contribution in [1.82, 2.24) is 10.3 Å². The third kappa shape index (κ3) is 4.09. The van der Waals surface area contributed by atoms with E-state index in [4.69, 9.17) is 0 Å². The maximum Gasteiger partial charge on any atom is 0.254 e. The summed E-state index contributed by atoms with van der Waals surface area (Å²) in [6.07, 6.45) is 6.88. The topological polar surface area (TPSA) is 100 Å². The molecule has 3 N–H and O–H groups in total. The van der Waals surface area contributed by atoms with E-state index in [0.717, 1.165) is 54.7 Å². The molecule has 0 saturated heterocycles. The van der Waals surface area contributed by atoms with Gasteiger partial charge in [-0.15, -0.1) is 11.3 Å². The summed E-state index contributed by atoms with van der Waals surface area (Å²) in [5.41, 5.74) is 2.33. The summed E-state index contributed by atoms with van der Waals surface area (Å²) in [5.74, 6) is 0.312. The number of rotatable bonds is 6. The maximum atomic E-state index is 13.1. The van der Waals surface area contributed by atoms with E-state index in [2.05, 4.69) is 27.9 Å². The average molecular weight is 427 g/mol. The second-order valence-electron chi connectivity index (χ2n) is 7.89. The number of ketones is 1. The smallest absolute Gasteiger partial charge is 0.254 e. The van der Waals surface area contributed by atoms with Gasteiger partial charge in [0.05, 0.1) is 22.5 Å². The summed E-state index contributed by atoms with van der Waals surface area (Å²) < 4.78 is 0. The van der Waals surface area contributed by atoms with Crippen molar-refractivity contribution in [1.29, 1.82) is 0 Å². The minimum Gasteiger partial charge on any atom is -0.355 e. The molecule has 0 bridgehead atoms. The number of hydrogen-bond acceptors (Lipinski definition) is 6. The second kappa shape index (κ2) is 8.55. The summed E-state index contributed by atoms with van der Waals surface area (Å²) in [7, 11) is 1.56. The van der Waals surface area contributed by atoms with Gasteiger partial charge in [-0.1, -0.05) is 6.92 Å². The Morgan fingerprint density at radius 3 is 2.73 bits per heavy atom. The third-order valence-electron chi connectivity index (χ3n) is 5.78. The number of nitrogens with zero attached hydrogens (tertiary/aromatic N) is 1. The second-order valence-corrected chi connectivity index (χ2v) is 8.86. The molecule has 1 fully saturated rings. The van der Waals surface area contributed by atoms with Crippen LogP contribution in [0.3, 0.4) is 0 Å². The summed E-state index contributed by atoms with van der Waals surface area (Å²) in [5, 5.41) is 10.7. The summed E-state index contributed by atoms with van der Waals surface area (Å²) in [6, 6.07) is 1.66. The van der Waals surface area contributed by atoms with Gasteiger partial charge >= 0.3 is 0 Å². The van der Waals surface area contributed by atoms with Gasteiger partial charge in [-0.2, -0.15) is 0 Å². The van der Waals surface area contributed by atoms with Crippen molar-refractivity contribution in [3.63, 3.8) is 0 Å². The quantitative estimate of drug-likeness (QED) is 0.603. The first kappa shape index (κ1) is 20.5. The molecule has 2 aliphatic carbocycles. The van der Waals surface area contributed by atoms with E-state index in [1.807, 2.05) is 5.38 Å². The molecule has 1 atom stereocenters. The SMILES string of the molecule is CCC1CCCc2scc(Nc3cc(NC(=O)C4CC4)ncc3C(=O)NC)c2C1=O. The Balaban J connectivity index is 1.68. The van der Waals surface area contributed by atoms with Crippen LogP contribution in [0, 0.1) is 11.8 Å². The fourth-order valence-electron chi connectivity index (χ4n) is 3.84. The largest absolute Gasteiger partial charge is 0.355 e. The maximum absolute atomic E-state index is 13.1. The highest BCUT2D eigenvalue weighted by molar-refractivity contribution is 7.11. The van der Waals surface area contributed by atoms with Crippen molar-refractivity contribution >= 4 is 46.1 Å². The molecule has 2 aromatic heterocycles. The van der Waals surface area contributed by atoms with Crippen molar-refractivity contribution in [2.24, 2.45) is 11.8 Å². The standard InChI is InChI=1S/C22H26N4O3S/c1-3-12-5-4-6-17-19(20(12)27)16(11-30-17)25-15-9-18(26-21(28)13-7-8-13)24-10-14(15)22(29)23-2/h9-13H,3-8H2,1-2H3,(H,23,29)(H2,24,25,26,28). The number of aryl methyl sites for hydroxylation is 1. The predicted molar refractivity (Wildman–Crippen MR) is 118 cm³/mol. The Bertz CT molecular complexity index is 996. The van der Waals surface area contributed by atoms with Crippen molar-refractivity contribution in [3.05, 3.63) is 33.6 Å². The monoisotopic (exact) mass is 426 g/mol. The van der Waals surface area contributed by atoms with Gasteiger partial charge in [0.1, 0.15) is 5.82 Å².